The number of rotatable bonds is 2. The number of morpholine rings is 1. The van der Waals surface area contributed by atoms with Gasteiger partial charge in [-0.15, -0.1) is 11.3 Å². The average Bonchev–Trinajstić information content (AvgIpc) is 2.82. The van der Waals surface area contributed by atoms with Gasteiger partial charge in [-0.3, -0.25) is 4.79 Å². The van der Waals surface area contributed by atoms with Crippen molar-refractivity contribution in [3.8, 4) is 0 Å². The molecule has 2 rings (SSSR count). The van der Waals surface area contributed by atoms with Crippen LogP contribution < -0.4 is 10.2 Å². The molecule has 0 aliphatic carbocycles. The second-order valence-corrected chi connectivity index (χ2v) is 4.36. The van der Waals surface area contributed by atoms with Crippen molar-refractivity contribution in [2.24, 2.45) is 0 Å². The van der Waals surface area contributed by atoms with Gasteiger partial charge in [-0.2, -0.15) is 0 Å². The van der Waals surface area contributed by atoms with Gasteiger partial charge in [-0.1, -0.05) is 0 Å². The van der Waals surface area contributed by atoms with E-state index >= 15 is 0 Å². The van der Waals surface area contributed by atoms with Gasteiger partial charge in [-0.05, 0) is 17.5 Å². The second kappa shape index (κ2) is 4.74. The van der Waals surface area contributed by atoms with E-state index in [1.165, 1.54) is 0 Å². The summed E-state index contributed by atoms with van der Waals surface area (Å²) in [5, 5.41) is 6.08. The summed E-state index contributed by atoms with van der Waals surface area (Å²) in [5.74, 6) is 0.0668. The molecule has 1 fully saturated rings. The van der Waals surface area contributed by atoms with Crippen molar-refractivity contribution in [3.63, 3.8) is 0 Å². The van der Waals surface area contributed by atoms with E-state index in [0.29, 0.717) is 13.2 Å². The van der Waals surface area contributed by atoms with Gasteiger partial charge in [0.15, 0.2) is 0 Å². The molecule has 15 heavy (non-hydrogen) atoms. The quantitative estimate of drug-likeness (QED) is 0.807. The first-order chi connectivity index (χ1) is 7.29. The van der Waals surface area contributed by atoms with Crippen LogP contribution in [-0.2, 0) is 9.53 Å². The van der Waals surface area contributed by atoms with E-state index in [4.69, 9.17) is 4.74 Å². The summed E-state index contributed by atoms with van der Waals surface area (Å²) < 4.78 is 5.26. The van der Waals surface area contributed by atoms with Gasteiger partial charge in [0.05, 0.1) is 18.2 Å². The molecule has 2 heterocycles. The molecule has 0 radical (unpaired) electrons. The van der Waals surface area contributed by atoms with Gasteiger partial charge >= 0.3 is 0 Å². The predicted octanol–water partition coefficient (Wildman–Crippen LogP) is 0.699. The van der Waals surface area contributed by atoms with Crippen LogP contribution in [0.5, 0.6) is 0 Å². The van der Waals surface area contributed by atoms with Gasteiger partial charge < -0.3 is 15.0 Å². The van der Waals surface area contributed by atoms with E-state index in [0.717, 1.165) is 11.5 Å². The van der Waals surface area contributed by atoms with Crippen molar-refractivity contribution >= 4 is 22.2 Å². The predicted molar refractivity (Wildman–Crippen MR) is 60.3 cm³/mol. The first kappa shape index (κ1) is 10.6. The Hall–Kier alpha value is -0.910. The fraction of sp³-hybridized carbons (Fsp3) is 0.500. The first-order valence-electron chi connectivity index (χ1n) is 4.91. The zero-order valence-electron chi connectivity index (χ0n) is 8.60. The van der Waals surface area contributed by atoms with Gasteiger partial charge in [0, 0.05) is 13.6 Å². The van der Waals surface area contributed by atoms with Crippen molar-refractivity contribution in [2.45, 2.75) is 6.04 Å². The van der Waals surface area contributed by atoms with Crippen molar-refractivity contribution in [3.05, 3.63) is 17.5 Å². The third-order valence-electron chi connectivity index (χ3n) is 2.39. The van der Waals surface area contributed by atoms with Crippen molar-refractivity contribution in [2.75, 3.05) is 31.7 Å². The van der Waals surface area contributed by atoms with Crippen LogP contribution in [0.2, 0.25) is 0 Å². The minimum absolute atomic E-state index is 0.0668. The van der Waals surface area contributed by atoms with E-state index in [-0.39, 0.29) is 11.9 Å². The van der Waals surface area contributed by atoms with Gasteiger partial charge in [0.25, 0.3) is 0 Å². The standard InChI is InChI=1S/C10H14N2O2S/c1-12(9-3-2-6-15-9)10(13)8-7-14-5-4-11-8/h2-3,6,8,11H,4-5,7H2,1H3. The first-order valence-corrected chi connectivity index (χ1v) is 5.79. The summed E-state index contributed by atoms with van der Waals surface area (Å²) in [5.41, 5.74) is 0. The number of amides is 1. The molecule has 1 amide bonds. The number of anilines is 1. The molecular weight excluding hydrogens is 212 g/mol. The Morgan fingerprint density at radius 2 is 2.60 bits per heavy atom. The molecule has 1 N–H and O–H groups in total. The molecule has 1 unspecified atom stereocenters. The maximum atomic E-state index is 12.0. The molecule has 1 aliphatic rings. The topological polar surface area (TPSA) is 41.6 Å². The number of carbonyl (C=O) groups is 1. The molecule has 4 nitrogen and oxygen atoms in total. The van der Waals surface area contributed by atoms with Gasteiger partial charge in [-0.25, -0.2) is 0 Å². The molecule has 0 bridgehead atoms. The second-order valence-electron chi connectivity index (χ2n) is 3.43. The van der Waals surface area contributed by atoms with E-state index < -0.39 is 0 Å². The fourth-order valence-electron chi connectivity index (χ4n) is 1.53. The van der Waals surface area contributed by atoms with E-state index in [9.17, 15) is 4.79 Å². The lowest BCUT2D eigenvalue weighted by Gasteiger charge is -2.26. The Kier molecular flexibility index (Phi) is 3.35. The van der Waals surface area contributed by atoms with Crippen LogP contribution in [0.4, 0.5) is 5.00 Å². The Morgan fingerprint density at radius 3 is 3.20 bits per heavy atom. The highest BCUT2D eigenvalue weighted by atomic mass is 32.1. The van der Waals surface area contributed by atoms with Crippen molar-refractivity contribution in [1.82, 2.24) is 5.32 Å². The van der Waals surface area contributed by atoms with Crippen LogP contribution in [-0.4, -0.2) is 38.8 Å². The fourth-order valence-corrected chi connectivity index (χ4v) is 2.23. The minimum Gasteiger partial charge on any atom is -0.378 e. The van der Waals surface area contributed by atoms with Crippen LogP contribution in [0.3, 0.4) is 0 Å². The number of hydrogen-bond donors (Lipinski definition) is 1. The van der Waals surface area contributed by atoms with Crippen LogP contribution >= 0.6 is 11.3 Å². The third kappa shape index (κ3) is 2.37. The number of likely N-dealkylation sites (N-methyl/N-ethyl adjacent to an activating group) is 1. The zero-order valence-corrected chi connectivity index (χ0v) is 9.42. The third-order valence-corrected chi connectivity index (χ3v) is 3.33. The van der Waals surface area contributed by atoms with E-state index in [1.54, 1.807) is 23.3 Å². The van der Waals surface area contributed by atoms with Crippen LogP contribution in [0, 0.1) is 0 Å². The van der Waals surface area contributed by atoms with Crippen molar-refractivity contribution in [1.29, 1.82) is 0 Å². The highest BCUT2D eigenvalue weighted by molar-refractivity contribution is 7.14. The maximum absolute atomic E-state index is 12.0. The number of nitrogens with one attached hydrogen (secondary N) is 1. The lowest BCUT2D eigenvalue weighted by Crippen LogP contribution is -2.51. The Bertz CT molecular complexity index is 320. The molecule has 1 aromatic rings. The number of ether oxygens (including phenoxy) is 1. The largest absolute Gasteiger partial charge is 0.378 e. The Labute approximate surface area is 92.8 Å². The summed E-state index contributed by atoms with van der Waals surface area (Å²) >= 11 is 1.56. The number of hydrogen-bond acceptors (Lipinski definition) is 4. The summed E-state index contributed by atoms with van der Waals surface area (Å²) in [7, 11) is 1.80. The molecule has 0 saturated carbocycles. The lowest BCUT2D eigenvalue weighted by molar-refractivity contribution is -0.123. The molecule has 1 saturated heterocycles. The molecular formula is C10H14N2O2S. The molecule has 1 aliphatic heterocycles. The Balaban J connectivity index is 2.00. The summed E-state index contributed by atoms with van der Waals surface area (Å²) in [6.07, 6.45) is 0. The smallest absolute Gasteiger partial charge is 0.246 e. The normalized spacial score (nSPS) is 21.3. The zero-order chi connectivity index (χ0) is 10.7. The number of carbonyl (C=O) groups excluding carboxylic acids is 1. The highest BCUT2D eigenvalue weighted by Crippen LogP contribution is 2.20. The summed E-state index contributed by atoms with van der Waals surface area (Å²) in [4.78, 5) is 13.7. The van der Waals surface area contributed by atoms with Crippen LogP contribution in [0.1, 0.15) is 0 Å². The summed E-state index contributed by atoms with van der Waals surface area (Å²) in [6, 6.07) is 3.67. The monoisotopic (exact) mass is 226 g/mol. The van der Waals surface area contributed by atoms with Gasteiger partial charge in [0.2, 0.25) is 5.91 Å². The molecule has 82 valence electrons. The molecule has 1 aromatic heterocycles. The molecule has 0 aromatic carbocycles. The van der Waals surface area contributed by atoms with Crippen LogP contribution in [0.25, 0.3) is 0 Å². The van der Waals surface area contributed by atoms with Crippen molar-refractivity contribution < 1.29 is 9.53 Å². The average molecular weight is 226 g/mol. The van der Waals surface area contributed by atoms with E-state index in [2.05, 4.69) is 5.32 Å². The lowest BCUT2D eigenvalue weighted by atomic mass is 10.2. The molecule has 1 atom stereocenters. The Morgan fingerprint density at radius 1 is 1.73 bits per heavy atom. The minimum atomic E-state index is -0.203. The SMILES string of the molecule is CN(C(=O)C1COCCN1)c1cccs1. The van der Waals surface area contributed by atoms with Gasteiger partial charge in [0.1, 0.15) is 6.04 Å². The molecule has 0 spiro atoms. The van der Waals surface area contributed by atoms with E-state index in [1.807, 2.05) is 17.5 Å². The van der Waals surface area contributed by atoms with Crippen LogP contribution in [0.15, 0.2) is 17.5 Å². The summed E-state index contributed by atoms with van der Waals surface area (Å²) in [6.45, 7) is 1.90. The maximum Gasteiger partial charge on any atom is 0.246 e. The highest BCUT2D eigenvalue weighted by Gasteiger charge is 2.25. The molecule has 5 heteroatoms. The number of nitrogens with zero attached hydrogens (tertiary/aromatic N) is 1. The number of thiophene rings is 1.